The van der Waals surface area contributed by atoms with Crippen molar-refractivity contribution in [1.29, 1.82) is 0 Å². The molecular weight excluding hydrogens is 540 g/mol. The van der Waals surface area contributed by atoms with E-state index in [0.717, 1.165) is 22.5 Å². The van der Waals surface area contributed by atoms with Crippen LogP contribution in [0.25, 0.3) is 0 Å². The molecule has 228 valence electrons. The second kappa shape index (κ2) is 17.5. The Balaban J connectivity index is 0. The lowest BCUT2D eigenvalue weighted by Crippen LogP contribution is -2.49. The standard InChI is InChI=1S/C15H23FO2Si.C15H24O3Si.2CH4/c1-11(2)9-19(16,10-12(3)4)14-7-5-13(6-8-14)15(17)18;1-11(2)9-19(18,10-12(3)4)14-7-5-13(6-8-14)15(16)17;;/h5-8,11-12H,9-10H2,1-4H3,(H,17,18);5-8,11-12,18H,9-10H2,1-4H3,(H,16,17);2*1H4. The summed E-state index contributed by atoms with van der Waals surface area (Å²) in [6, 6.07) is 16.0. The summed E-state index contributed by atoms with van der Waals surface area (Å²) in [5.74, 6) is -0.386. The van der Waals surface area contributed by atoms with Crippen LogP contribution in [0.3, 0.4) is 0 Å². The molecule has 0 fully saturated rings. The molecule has 40 heavy (non-hydrogen) atoms. The summed E-state index contributed by atoms with van der Waals surface area (Å²) < 4.78 is 15.3. The molecule has 0 atom stereocenters. The molecule has 0 radical (unpaired) electrons. The topological polar surface area (TPSA) is 94.8 Å². The van der Waals surface area contributed by atoms with Gasteiger partial charge in [0.25, 0.3) is 8.41 Å². The Morgan fingerprint density at radius 1 is 0.600 bits per heavy atom. The van der Waals surface area contributed by atoms with Gasteiger partial charge >= 0.3 is 11.9 Å². The summed E-state index contributed by atoms with van der Waals surface area (Å²) >= 11 is 0. The Kier molecular flexibility index (Phi) is 17.4. The Hall–Kier alpha value is -2.30. The van der Waals surface area contributed by atoms with Gasteiger partial charge in [0.1, 0.15) is 0 Å². The van der Waals surface area contributed by atoms with E-state index in [9.17, 15) is 14.4 Å². The van der Waals surface area contributed by atoms with Gasteiger partial charge in [-0.25, -0.2) is 9.59 Å². The molecule has 0 heterocycles. The molecule has 3 N–H and O–H groups in total. The van der Waals surface area contributed by atoms with Crippen molar-refractivity contribution in [3.8, 4) is 0 Å². The van der Waals surface area contributed by atoms with Crippen molar-refractivity contribution in [3.05, 3.63) is 59.7 Å². The lowest BCUT2D eigenvalue weighted by Gasteiger charge is -2.29. The van der Waals surface area contributed by atoms with E-state index in [-0.39, 0.29) is 26.0 Å². The highest BCUT2D eigenvalue weighted by Gasteiger charge is 2.38. The van der Waals surface area contributed by atoms with Crippen molar-refractivity contribution in [1.82, 2.24) is 0 Å². The van der Waals surface area contributed by atoms with Gasteiger partial charge in [-0.05, 0) is 82.5 Å². The molecule has 8 heteroatoms. The van der Waals surface area contributed by atoms with Crippen LogP contribution in [0.4, 0.5) is 4.11 Å². The number of benzene rings is 2. The molecule has 0 saturated heterocycles. The van der Waals surface area contributed by atoms with E-state index in [4.69, 9.17) is 10.2 Å². The van der Waals surface area contributed by atoms with Gasteiger partial charge in [-0.3, -0.25) is 0 Å². The fourth-order valence-electron chi connectivity index (χ4n) is 5.12. The van der Waals surface area contributed by atoms with Crippen LogP contribution in [0.2, 0.25) is 24.2 Å². The van der Waals surface area contributed by atoms with E-state index in [1.165, 1.54) is 12.1 Å². The smallest absolute Gasteiger partial charge is 0.335 e. The van der Waals surface area contributed by atoms with Gasteiger partial charge in [0.15, 0.2) is 0 Å². The zero-order chi connectivity index (χ0) is 29.3. The van der Waals surface area contributed by atoms with Crippen molar-refractivity contribution in [2.75, 3.05) is 0 Å². The van der Waals surface area contributed by atoms with Crippen LogP contribution in [0.15, 0.2) is 48.5 Å². The molecule has 2 aromatic rings. The summed E-state index contributed by atoms with van der Waals surface area (Å²) in [5, 5.41) is 19.5. The number of carboxylic acid groups (broad SMARTS) is 2. The van der Waals surface area contributed by atoms with Crippen LogP contribution in [-0.2, 0) is 0 Å². The molecule has 0 spiro atoms. The van der Waals surface area contributed by atoms with Gasteiger partial charge in [0.2, 0.25) is 8.32 Å². The van der Waals surface area contributed by atoms with Gasteiger partial charge < -0.3 is 19.1 Å². The summed E-state index contributed by atoms with van der Waals surface area (Å²) in [6.07, 6.45) is 0. The zero-order valence-corrected chi connectivity index (χ0v) is 26.3. The molecule has 0 saturated carbocycles. The largest absolute Gasteiger partial charge is 0.478 e. The lowest BCUT2D eigenvalue weighted by molar-refractivity contribution is 0.0686. The number of halogens is 1. The van der Waals surface area contributed by atoms with Gasteiger partial charge in [0, 0.05) is 0 Å². The molecule has 2 aromatic carbocycles. The van der Waals surface area contributed by atoms with Crippen molar-refractivity contribution < 1.29 is 28.7 Å². The Labute approximate surface area is 245 Å². The predicted octanol–water partition coefficient (Wildman–Crippen LogP) is 7.93. The third-order valence-corrected chi connectivity index (χ3v) is 15.0. The second-order valence-electron chi connectivity index (χ2n) is 12.2. The lowest BCUT2D eigenvalue weighted by atomic mass is 10.2. The van der Waals surface area contributed by atoms with Crippen LogP contribution in [0.1, 0.15) is 91.0 Å². The fourth-order valence-corrected chi connectivity index (χ4v) is 13.2. The van der Waals surface area contributed by atoms with E-state index in [1.54, 1.807) is 36.4 Å². The quantitative estimate of drug-likeness (QED) is 0.171. The summed E-state index contributed by atoms with van der Waals surface area (Å²) in [5.41, 5.74) is 0.489. The minimum atomic E-state index is -3.00. The van der Waals surface area contributed by atoms with Crippen molar-refractivity contribution in [2.45, 2.75) is 94.4 Å². The highest BCUT2D eigenvalue weighted by atomic mass is 28.4. The van der Waals surface area contributed by atoms with E-state index >= 15 is 4.11 Å². The van der Waals surface area contributed by atoms with Crippen molar-refractivity contribution >= 4 is 39.0 Å². The maximum absolute atomic E-state index is 15.3. The van der Waals surface area contributed by atoms with Crippen molar-refractivity contribution in [3.63, 3.8) is 0 Å². The third-order valence-electron chi connectivity index (χ3n) is 6.27. The van der Waals surface area contributed by atoms with Gasteiger partial charge in [-0.2, -0.15) is 0 Å². The molecule has 5 nitrogen and oxygen atoms in total. The summed E-state index contributed by atoms with van der Waals surface area (Å²) in [6.45, 7) is 16.6. The Bertz CT molecular complexity index is 915. The fraction of sp³-hybridized carbons (Fsp3) is 0.562. The second-order valence-corrected chi connectivity index (χ2v) is 18.9. The number of aromatic carboxylic acids is 2. The number of hydrogen-bond acceptors (Lipinski definition) is 3. The zero-order valence-electron chi connectivity index (χ0n) is 24.3. The van der Waals surface area contributed by atoms with Gasteiger partial charge in [-0.1, -0.05) is 94.5 Å². The first kappa shape index (κ1) is 39.8. The van der Waals surface area contributed by atoms with E-state index in [0.29, 0.717) is 35.8 Å². The van der Waals surface area contributed by atoms with Gasteiger partial charge in [-0.15, -0.1) is 0 Å². The maximum Gasteiger partial charge on any atom is 0.335 e. The van der Waals surface area contributed by atoms with E-state index in [2.05, 4.69) is 27.7 Å². The minimum absolute atomic E-state index is 0. The first-order chi connectivity index (χ1) is 17.5. The molecule has 0 aromatic heterocycles. The van der Waals surface area contributed by atoms with E-state index < -0.39 is 28.7 Å². The number of rotatable bonds is 12. The minimum Gasteiger partial charge on any atom is -0.478 e. The first-order valence-corrected chi connectivity index (χ1v) is 18.2. The molecule has 0 unspecified atom stereocenters. The number of hydrogen-bond donors (Lipinski definition) is 3. The maximum atomic E-state index is 15.3. The van der Waals surface area contributed by atoms with Crippen LogP contribution in [0, 0.1) is 23.7 Å². The number of carboxylic acids is 2. The van der Waals surface area contributed by atoms with Crippen LogP contribution >= 0.6 is 0 Å². The Morgan fingerprint density at radius 2 is 0.875 bits per heavy atom. The van der Waals surface area contributed by atoms with Gasteiger partial charge in [0.05, 0.1) is 11.1 Å². The third kappa shape index (κ3) is 12.9. The summed E-state index contributed by atoms with van der Waals surface area (Å²) in [4.78, 5) is 32.7. The van der Waals surface area contributed by atoms with E-state index in [1.807, 2.05) is 27.7 Å². The monoisotopic (exact) mass is 594 g/mol. The van der Waals surface area contributed by atoms with Crippen LogP contribution < -0.4 is 10.4 Å². The number of carbonyl (C=O) groups is 2. The first-order valence-electron chi connectivity index (χ1n) is 13.6. The summed E-state index contributed by atoms with van der Waals surface area (Å²) in [7, 11) is -5.50. The molecule has 0 aliphatic carbocycles. The Morgan fingerprint density at radius 3 is 1.12 bits per heavy atom. The SMILES string of the molecule is C.C.CC(C)C[Si](F)(CC(C)C)c1ccc(C(=O)O)cc1.CC(C)C[Si](O)(CC(C)C)c1ccc(C(=O)O)cc1. The molecule has 0 bridgehead atoms. The molecule has 0 aliphatic rings. The highest BCUT2D eigenvalue weighted by molar-refractivity contribution is 6.86. The molecule has 0 amide bonds. The average molecular weight is 595 g/mol. The molecule has 0 aliphatic heterocycles. The van der Waals surface area contributed by atoms with Crippen LogP contribution in [-0.4, -0.2) is 43.7 Å². The highest BCUT2D eigenvalue weighted by Crippen LogP contribution is 2.27. The van der Waals surface area contributed by atoms with Crippen molar-refractivity contribution in [2.24, 2.45) is 23.7 Å². The normalized spacial score (nSPS) is 11.6. The molecule has 2 rings (SSSR count). The predicted molar refractivity (Wildman–Crippen MR) is 173 cm³/mol. The van der Waals surface area contributed by atoms with Crippen LogP contribution in [0.5, 0.6) is 0 Å². The molecular formula is C32H55FO5Si2. The average Bonchev–Trinajstić information content (AvgIpc) is 2.77.